The van der Waals surface area contributed by atoms with Crippen molar-refractivity contribution in [2.75, 3.05) is 23.3 Å². The molecule has 24 heavy (non-hydrogen) atoms. The van der Waals surface area contributed by atoms with Gasteiger partial charge in [-0.3, -0.25) is 14.9 Å². The van der Waals surface area contributed by atoms with Crippen molar-refractivity contribution in [2.24, 2.45) is 0 Å². The highest BCUT2D eigenvalue weighted by molar-refractivity contribution is 6.17. The molecule has 2 aromatic rings. The lowest BCUT2D eigenvalue weighted by molar-refractivity contribution is -0.384. The summed E-state index contributed by atoms with van der Waals surface area (Å²) in [6.45, 7) is 0.861. The van der Waals surface area contributed by atoms with E-state index in [1.165, 1.54) is 12.1 Å². The fourth-order valence-corrected chi connectivity index (χ4v) is 3.11. The van der Waals surface area contributed by atoms with Crippen LogP contribution >= 0.6 is 11.6 Å². The van der Waals surface area contributed by atoms with E-state index in [-0.39, 0.29) is 18.1 Å². The maximum Gasteiger partial charge on any atom is 0.271 e. The molecule has 0 aliphatic carbocycles. The molecular formula is C17H16ClN3O3. The number of fused-ring (bicyclic) bond motifs is 1. The summed E-state index contributed by atoms with van der Waals surface area (Å²) in [5.74, 6) is 0.271. The van der Waals surface area contributed by atoms with Gasteiger partial charge in [-0.25, -0.2) is 0 Å². The molecule has 0 aromatic heterocycles. The molecule has 7 heteroatoms. The molecule has 1 N–H and O–H groups in total. The van der Waals surface area contributed by atoms with E-state index in [0.717, 1.165) is 23.2 Å². The minimum atomic E-state index is -0.470. The summed E-state index contributed by atoms with van der Waals surface area (Å²) in [5, 5.41) is 13.6. The van der Waals surface area contributed by atoms with Gasteiger partial charge in [0.05, 0.1) is 22.8 Å². The van der Waals surface area contributed by atoms with Crippen molar-refractivity contribution in [3.05, 3.63) is 63.7 Å². The summed E-state index contributed by atoms with van der Waals surface area (Å²) in [5.41, 5.74) is 3.45. The Morgan fingerprint density at radius 2 is 1.96 bits per heavy atom. The molecule has 0 atom stereocenters. The average molecular weight is 346 g/mol. The van der Waals surface area contributed by atoms with Gasteiger partial charge in [-0.05, 0) is 23.6 Å². The fourth-order valence-electron chi connectivity index (χ4n) is 2.85. The highest BCUT2D eigenvalue weighted by atomic mass is 35.5. The third-order valence-electron chi connectivity index (χ3n) is 4.05. The number of non-ortho nitro benzene ring substituents is 1. The maximum absolute atomic E-state index is 11.9. The minimum Gasteiger partial charge on any atom is -0.360 e. The van der Waals surface area contributed by atoms with E-state index in [1.807, 2.05) is 29.2 Å². The Morgan fingerprint density at radius 1 is 1.21 bits per heavy atom. The van der Waals surface area contributed by atoms with Gasteiger partial charge >= 0.3 is 0 Å². The number of anilines is 2. The van der Waals surface area contributed by atoms with Crippen LogP contribution in [0.4, 0.5) is 17.1 Å². The topological polar surface area (TPSA) is 75.5 Å². The standard InChI is InChI=1S/C17H16ClN3O3/c18-10-13-4-2-1-3-12(13)7-8-20-11-17(22)19-15-9-14(21(23)24)5-6-16(15)20/h1-6,9H,7-8,10-11H2,(H,19,22). The van der Waals surface area contributed by atoms with Crippen LogP contribution in [0.2, 0.25) is 0 Å². The van der Waals surface area contributed by atoms with Crippen LogP contribution in [0.3, 0.4) is 0 Å². The molecule has 0 bridgehead atoms. The van der Waals surface area contributed by atoms with Gasteiger partial charge in [-0.15, -0.1) is 11.6 Å². The van der Waals surface area contributed by atoms with Gasteiger partial charge in [0.1, 0.15) is 0 Å². The number of halogens is 1. The van der Waals surface area contributed by atoms with Crippen LogP contribution in [-0.4, -0.2) is 23.9 Å². The van der Waals surface area contributed by atoms with E-state index < -0.39 is 4.92 Å². The number of hydrogen-bond donors (Lipinski definition) is 1. The molecule has 2 aromatic carbocycles. The Morgan fingerprint density at radius 3 is 2.67 bits per heavy atom. The van der Waals surface area contributed by atoms with Crippen molar-refractivity contribution in [3.8, 4) is 0 Å². The first kappa shape index (κ1) is 16.3. The molecule has 0 saturated carbocycles. The fraction of sp³-hybridized carbons (Fsp3) is 0.235. The van der Waals surface area contributed by atoms with E-state index in [2.05, 4.69) is 5.32 Å². The van der Waals surface area contributed by atoms with Gasteiger partial charge < -0.3 is 10.2 Å². The summed E-state index contributed by atoms with van der Waals surface area (Å²) in [7, 11) is 0. The zero-order valence-corrected chi connectivity index (χ0v) is 13.6. The Bertz CT molecular complexity index is 794. The molecule has 0 unspecified atom stereocenters. The van der Waals surface area contributed by atoms with Gasteiger partial charge in [-0.2, -0.15) is 0 Å². The maximum atomic E-state index is 11.9. The number of amides is 1. The lowest BCUT2D eigenvalue weighted by Crippen LogP contribution is -2.39. The summed E-state index contributed by atoms with van der Waals surface area (Å²) in [4.78, 5) is 24.3. The number of hydrogen-bond acceptors (Lipinski definition) is 4. The van der Waals surface area contributed by atoms with Crippen molar-refractivity contribution in [2.45, 2.75) is 12.3 Å². The molecule has 1 amide bonds. The second-order valence-electron chi connectivity index (χ2n) is 5.58. The van der Waals surface area contributed by atoms with Crippen LogP contribution in [0.15, 0.2) is 42.5 Å². The highest BCUT2D eigenvalue weighted by Gasteiger charge is 2.24. The first-order valence-corrected chi connectivity index (χ1v) is 8.08. The molecule has 0 saturated heterocycles. The lowest BCUT2D eigenvalue weighted by Gasteiger charge is -2.31. The second-order valence-corrected chi connectivity index (χ2v) is 5.85. The number of nitrogens with one attached hydrogen (secondary N) is 1. The molecule has 1 aliphatic heterocycles. The van der Waals surface area contributed by atoms with Crippen LogP contribution in [0, 0.1) is 10.1 Å². The smallest absolute Gasteiger partial charge is 0.271 e. The minimum absolute atomic E-state index is 0.0385. The first-order valence-electron chi connectivity index (χ1n) is 7.54. The number of rotatable bonds is 5. The van der Waals surface area contributed by atoms with Crippen molar-refractivity contribution < 1.29 is 9.72 Å². The van der Waals surface area contributed by atoms with Crippen LogP contribution in [0.25, 0.3) is 0 Å². The lowest BCUT2D eigenvalue weighted by atomic mass is 10.0. The van der Waals surface area contributed by atoms with Gasteiger partial charge in [0.2, 0.25) is 5.91 Å². The zero-order chi connectivity index (χ0) is 17.1. The normalized spacial score (nSPS) is 13.4. The van der Waals surface area contributed by atoms with E-state index in [1.54, 1.807) is 6.07 Å². The van der Waals surface area contributed by atoms with Crippen molar-refractivity contribution >= 4 is 34.6 Å². The average Bonchev–Trinajstić information content (AvgIpc) is 2.59. The molecule has 0 fully saturated rings. The Balaban J connectivity index is 1.82. The summed E-state index contributed by atoms with van der Waals surface area (Å²) in [6, 6.07) is 12.5. The number of benzene rings is 2. The third kappa shape index (κ3) is 3.33. The SMILES string of the molecule is O=C1CN(CCc2ccccc2CCl)c2ccc([N+](=O)[O-])cc2N1. The molecule has 0 radical (unpaired) electrons. The van der Waals surface area contributed by atoms with Crippen molar-refractivity contribution in [1.82, 2.24) is 0 Å². The van der Waals surface area contributed by atoms with Crippen LogP contribution < -0.4 is 10.2 Å². The summed E-state index contributed by atoms with van der Waals surface area (Å²) < 4.78 is 0. The van der Waals surface area contributed by atoms with Crippen LogP contribution in [0.1, 0.15) is 11.1 Å². The highest BCUT2D eigenvalue weighted by Crippen LogP contribution is 2.33. The number of nitro groups is 1. The number of carbonyl (C=O) groups excluding carboxylic acids is 1. The van der Waals surface area contributed by atoms with E-state index in [9.17, 15) is 14.9 Å². The molecule has 0 spiro atoms. The second kappa shape index (κ2) is 6.88. The summed E-state index contributed by atoms with van der Waals surface area (Å²) >= 11 is 5.96. The Hall–Kier alpha value is -2.60. The van der Waals surface area contributed by atoms with Crippen molar-refractivity contribution in [1.29, 1.82) is 0 Å². The summed E-state index contributed by atoms with van der Waals surface area (Å²) in [6.07, 6.45) is 0.743. The van der Waals surface area contributed by atoms with E-state index in [4.69, 9.17) is 11.6 Å². The predicted molar refractivity (Wildman–Crippen MR) is 93.6 cm³/mol. The molecule has 3 rings (SSSR count). The first-order chi connectivity index (χ1) is 11.6. The van der Waals surface area contributed by atoms with E-state index in [0.29, 0.717) is 18.1 Å². The number of alkyl halides is 1. The predicted octanol–water partition coefficient (Wildman–Crippen LogP) is 3.33. The van der Waals surface area contributed by atoms with Crippen LogP contribution in [-0.2, 0) is 17.1 Å². The van der Waals surface area contributed by atoms with Gasteiger partial charge in [0, 0.05) is 24.6 Å². The largest absolute Gasteiger partial charge is 0.360 e. The van der Waals surface area contributed by atoms with Crippen molar-refractivity contribution in [3.63, 3.8) is 0 Å². The van der Waals surface area contributed by atoms with Gasteiger partial charge in [-0.1, -0.05) is 24.3 Å². The Kier molecular flexibility index (Phi) is 4.66. The van der Waals surface area contributed by atoms with E-state index >= 15 is 0 Å². The Labute approximate surface area is 144 Å². The number of nitro benzene ring substituents is 1. The number of carbonyl (C=O) groups is 1. The quantitative estimate of drug-likeness (QED) is 0.512. The molecule has 1 aliphatic rings. The monoisotopic (exact) mass is 345 g/mol. The molecule has 1 heterocycles. The molecule has 124 valence electrons. The molecule has 6 nitrogen and oxygen atoms in total. The molecular weight excluding hydrogens is 330 g/mol. The van der Waals surface area contributed by atoms with Gasteiger partial charge in [0.25, 0.3) is 5.69 Å². The third-order valence-corrected chi connectivity index (χ3v) is 4.34. The van der Waals surface area contributed by atoms with Gasteiger partial charge in [0.15, 0.2) is 0 Å². The zero-order valence-electron chi connectivity index (χ0n) is 12.9. The van der Waals surface area contributed by atoms with Crippen LogP contribution in [0.5, 0.6) is 0 Å². The number of nitrogens with zero attached hydrogens (tertiary/aromatic N) is 2.